The number of rotatable bonds is 10. The summed E-state index contributed by atoms with van der Waals surface area (Å²) >= 11 is 0. The lowest BCUT2D eigenvalue weighted by Gasteiger charge is -2.16. The Balaban J connectivity index is 1.76. The van der Waals surface area contributed by atoms with Crippen LogP contribution in [0.1, 0.15) is 36.1 Å². The Morgan fingerprint density at radius 2 is 1.33 bits per heavy atom. The molecule has 0 saturated carbocycles. The first-order chi connectivity index (χ1) is 14.6. The average molecular weight is 406 g/mol. The molecule has 0 spiro atoms. The van der Waals surface area contributed by atoms with Crippen molar-refractivity contribution in [3.8, 4) is 11.5 Å². The number of aliphatic hydroxyl groups excluding tert-OH is 1. The van der Waals surface area contributed by atoms with Crippen LogP contribution in [0.15, 0.2) is 78.9 Å². The van der Waals surface area contributed by atoms with Gasteiger partial charge in [0.05, 0.1) is 19.1 Å². The quantitative estimate of drug-likeness (QED) is 0.489. The molecule has 0 radical (unpaired) electrons. The zero-order valence-electron chi connectivity index (χ0n) is 17.0. The highest BCUT2D eigenvalue weighted by molar-refractivity contribution is 5.70. The van der Waals surface area contributed by atoms with Crippen LogP contribution in [-0.2, 0) is 22.7 Å². The number of ether oxygens (including phenoxy) is 3. The van der Waals surface area contributed by atoms with E-state index in [0.717, 1.165) is 11.1 Å². The third kappa shape index (κ3) is 6.64. The fourth-order valence-corrected chi connectivity index (χ4v) is 2.93. The standard InChI is InChI=1S/C25H26O5/c1-2-28-25(27)16-24(26)21-13-22(29-17-19-9-5-3-6-10-19)15-23(14-21)30-18-20-11-7-4-8-12-20/h3-15,24,26H,2,16-18H2,1H3/t24-/m0/s1. The van der Waals surface area contributed by atoms with Gasteiger partial charge in [-0.3, -0.25) is 4.79 Å². The zero-order chi connectivity index (χ0) is 21.2. The summed E-state index contributed by atoms with van der Waals surface area (Å²) in [5.74, 6) is 0.664. The highest BCUT2D eigenvalue weighted by Gasteiger charge is 2.16. The highest BCUT2D eigenvalue weighted by Crippen LogP contribution is 2.29. The molecule has 5 nitrogen and oxygen atoms in total. The van der Waals surface area contributed by atoms with Crippen molar-refractivity contribution < 1.29 is 24.1 Å². The van der Waals surface area contributed by atoms with E-state index in [9.17, 15) is 9.90 Å². The maximum absolute atomic E-state index is 11.8. The number of benzene rings is 3. The van der Waals surface area contributed by atoms with E-state index in [0.29, 0.717) is 30.3 Å². The predicted molar refractivity (Wildman–Crippen MR) is 114 cm³/mol. The number of hydrogen-bond acceptors (Lipinski definition) is 5. The van der Waals surface area contributed by atoms with Crippen molar-refractivity contribution in [3.63, 3.8) is 0 Å². The van der Waals surface area contributed by atoms with Crippen molar-refractivity contribution in [3.05, 3.63) is 95.6 Å². The van der Waals surface area contributed by atoms with Crippen molar-refractivity contribution >= 4 is 5.97 Å². The molecule has 0 aliphatic rings. The van der Waals surface area contributed by atoms with Crippen LogP contribution in [-0.4, -0.2) is 17.7 Å². The van der Waals surface area contributed by atoms with Gasteiger partial charge in [-0.05, 0) is 35.7 Å². The van der Waals surface area contributed by atoms with Crippen LogP contribution in [0.5, 0.6) is 11.5 Å². The van der Waals surface area contributed by atoms with Gasteiger partial charge in [0.2, 0.25) is 0 Å². The summed E-state index contributed by atoms with van der Waals surface area (Å²) < 4.78 is 16.8. The molecule has 0 aliphatic carbocycles. The molecule has 0 heterocycles. The van der Waals surface area contributed by atoms with Crippen molar-refractivity contribution in [2.75, 3.05) is 6.61 Å². The third-order valence-electron chi connectivity index (χ3n) is 4.45. The highest BCUT2D eigenvalue weighted by atomic mass is 16.5. The fraction of sp³-hybridized carbons (Fsp3) is 0.240. The van der Waals surface area contributed by atoms with Gasteiger partial charge >= 0.3 is 5.97 Å². The van der Waals surface area contributed by atoms with E-state index < -0.39 is 12.1 Å². The van der Waals surface area contributed by atoms with Crippen LogP contribution in [0.3, 0.4) is 0 Å². The molecule has 0 bridgehead atoms. The molecule has 0 aliphatic heterocycles. The maximum Gasteiger partial charge on any atom is 0.308 e. The summed E-state index contributed by atoms with van der Waals surface area (Å²) in [5.41, 5.74) is 2.60. The maximum atomic E-state index is 11.8. The van der Waals surface area contributed by atoms with Crippen molar-refractivity contribution in [1.29, 1.82) is 0 Å². The summed E-state index contributed by atoms with van der Waals surface area (Å²) in [4.78, 5) is 11.8. The minimum absolute atomic E-state index is 0.131. The van der Waals surface area contributed by atoms with E-state index in [4.69, 9.17) is 14.2 Å². The minimum Gasteiger partial charge on any atom is -0.489 e. The van der Waals surface area contributed by atoms with E-state index >= 15 is 0 Å². The molecular formula is C25H26O5. The smallest absolute Gasteiger partial charge is 0.308 e. The second-order valence-corrected chi connectivity index (χ2v) is 6.81. The van der Waals surface area contributed by atoms with Crippen LogP contribution in [0.25, 0.3) is 0 Å². The van der Waals surface area contributed by atoms with Gasteiger partial charge in [0.1, 0.15) is 24.7 Å². The van der Waals surface area contributed by atoms with E-state index in [-0.39, 0.29) is 13.0 Å². The van der Waals surface area contributed by atoms with Crippen LogP contribution in [0.2, 0.25) is 0 Å². The molecule has 0 saturated heterocycles. The summed E-state index contributed by atoms with van der Waals surface area (Å²) in [6.45, 7) is 2.78. The minimum atomic E-state index is -1.01. The van der Waals surface area contributed by atoms with Crippen LogP contribution in [0.4, 0.5) is 0 Å². The third-order valence-corrected chi connectivity index (χ3v) is 4.45. The van der Waals surface area contributed by atoms with Gasteiger partial charge in [-0.25, -0.2) is 0 Å². The van der Waals surface area contributed by atoms with Gasteiger partial charge < -0.3 is 19.3 Å². The normalized spacial score (nSPS) is 11.5. The Labute approximate surface area is 176 Å². The molecule has 3 rings (SSSR count). The Kier molecular flexibility index (Phi) is 7.86. The summed E-state index contributed by atoms with van der Waals surface area (Å²) in [6.07, 6.45) is -1.14. The molecule has 3 aromatic carbocycles. The SMILES string of the molecule is CCOC(=O)C[C@H](O)c1cc(OCc2ccccc2)cc(OCc2ccccc2)c1. The Hall–Kier alpha value is -3.31. The topological polar surface area (TPSA) is 65.0 Å². The van der Waals surface area contributed by atoms with Gasteiger partial charge in [0.25, 0.3) is 0 Å². The van der Waals surface area contributed by atoms with Crippen LogP contribution < -0.4 is 9.47 Å². The van der Waals surface area contributed by atoms with Gasteiger partial charge in [-0.1, -0.05) is 60.7 Å². The van der Waals surface area contributed by atoms with Gasteiger partial charge in [-0.15, -0.1) is 0 Å². The Morgan fingerprint density at radius 3 is 1.80 bits per heavy atom. The number of carbonyl (C=O) groups is 1. The molecule has 0 aromatic heterocycles. The number of carbonyl (C=O) groups excluding carboxylic acids is 1. The fourth-order valence-electron chi connectivity index (χ4n) is 2.93. The monoisotopic (exact) mass is 406 g/mol. The summed E-state index contributed by atoms with van der Waals surface area (Å²) in [6, 6.07) is 24.9. The molecule has 1 atom stereocenters. The lowest BCUT2D eigenvalue weighted by atomic mass is 10.1. The first kappa shape index (κ1) is 21.4. The van der Waals surface area contributed by atoms with Gasteiger partial charge in [-0.2, -0.15) is 0 Å². The largest absolute Gasteiger partial charge is 0.489 e. The van der Waals surface area contributed by atoms with Crippen molar-refractivity contribution in [2.45, 2.75) is 32.7 Å². The van der Waals surface area contributed by atoms with E-state index in [1.165, 1.54) is 0 Å². The second kappa shape index (κ2) is 11.0. The van der Waals surface area contributed by atoms with E-state index in [1.54, 1.807) is 25.1 Å². The lowest BCUT2D eigenvalue weighted by molar-refractivity contribution is -0.145. The molecule has 5 heteroatoms. The van der Waals surface area contributed by atoms with Gasteiger partial charge in [0, 0.05) is 6.07 Å². The predicted octanol–water partition coefficient (Wildman–Crippen LogP) is 4.83. The molecule has 3 aromatic rings. The van der Waals surface area contributed by atoms with E-state index in [1.807, 2.05) is 60.7 Å². The first-order valence-electron chi connectivity index (χ1n) is 9.96. The molecular weight excluding hydrogens is 380 g/mol. The molecule has 0 unspecified atom stereocenters. The Bertz CT molecular complexity index is 863. The summed E-state index contributed by atoms with van der Waals surface area (Å²) in [7, 11) is 0. The molecule has 1 N–H and O–H groups in total. The molecule has 156 valence electrons. The van der Waals surface area contributed by atoms with Crippen LogP contribution >= 0.6 is 0 Å². The number of aliphatic hydroxyl groups is 1. The molecule has 30 heavy (non-hydrogen) atoms. The number of esters is 1. The van der Waals surface area contributed by atoms with Crippen LogP contribution in [0, 0.1) is 0 Å². The molecule has 0 fully saturated rings. The second-order valence-electron chi connectivity index (χ2n) is 6.81. The Morgan fingerprint density at radius 1 is 0.833 bits per heavy atom. The number of hydrogen-bond donors (Lipinski definition) is 1. The summed E-state index contributed by atoms with van der Waals surface area (Å²) in [5, 5.41) is 10.5. The first-order valence-corrected chi connectivity index (χ1v) is 9.96. The van der Waals surface area contributed by atoms with E-state index in [2.05, 4.69) is 0 Å². The van der Waals surface area contributed by atoms with Crippen molar-refractivity contribution in [1.82, 2.24) is 0 Å². The lowest BCUT2D eigenvalue weighted by Crippen LogP contribution is -2.10. The van der Waals surface area contributed by atoms with Gasteiger partial charge in [0.15, 0.2) is 0 Å². The van der Waals surface area contributed by atoms with Crippen molar-refractivity contribution in [2.24, 2.45) is 0 Å². The zero-order valence-corrected chi connectivity index (χ0v) is 17.0. The average Bonchev–Trinajstić information content (AvgIpc) is 2.78. The molecule has 0 amide bonds.